The molecule has 0 spiro atoms. The lowest BCUT2D eigenvalue weighted by molar-refractivity contribution is -0.137. The number of benzene rings is 1. The monoisotopic (exact) mass is 267 g/mol. The van der Waals surface area contributed by atoms with Crippen molar-refractivity contribution in [3.05, 3.63) is 22.8 Å². The van der Waals surface area contributed by atoms with E-state index >= 15 is 0 Å². The lowest BCUT2D eigenvalue weighted by Gasteiger charge is -2.20. The molecule has 0 heterocycles. The summed E-state index contributed by atoms with van der Waals surface area (Å²) in [4.78, 5) is 10.6. The maximum absolute atomic E-state index is 10.6. The number of aliphatic carboxylic acids is 1. The molecular formula is C14H21NO4. The molecule has 0 bridgehead atoms. The third-order valence-corrected chi connectivity index (χ3v) is 3.34. The van der Waals surface area contributed by atoms with Crippen molar-refractivity contribution < 1.29 is 19.4 Å². The average Bonchev–Trinajstić information content (AvgIpc) is 2.38. The second-order valence-corrected chi connectivity index (χ2v) is 4.49. The van der Waals surface area contributed by atoms with E-state index in [2.05, 4.69) is 0 Å². The fourth-order valence-electron chi connectivity index (χ4n) is 2.11. The van der Waals surface area contributed by atoms with Crippen LogP contribution in [0.1, 0.15) is 35.6 Å². The van der Waals surface area contributed by atoms with Crippen molar-refractivity contribution in [3.8, 4) is 11.5 Å². The van der Waals surface area contributed by atoms with Crippen molar-refractivity contribution in [2.45, 2.75) is 32.7 Å². The van der Waals surface area contributed by atoms with Crippen LogP contribution in [0.4, 0.5) is 0 Å². The first kappa shape index (κ1) is 15.3. The Bertz CT molecular complexity index is 471. The topological polar surface area (TPSA) is 81.8 Å². The molecule has 106 valence electrons. The molecule has 0 amide bonds. The lowest BCUT2D eigenvalue weighted by atomic mass is 9.94. The maximum atomic E-state index is 10.6. The van der Waals surface area contributed by atoms with E-state index in [4.69, 9.17) is 20.3 Å². The molecule has 19 heavy (non-hydrogen) atoms. The van der Waals surface area contributed by atoms with Crippen molar-refractivity contribution in [1.29, 1.82) is 0 Å². The summed E-state index contributed by atoms with van der Waals surface area (Å²) in [7, 11) is 3.16. The van der Waals surface area contributed by atoms with Gasteiger partial charge in [-0.3, -0.25) is 4.79 Å². The number of hydrogen-bond donors (Lipinski definition) is 2. The van der Waals surface area contributed by atoms with Gasteiger partial charge in [0.05, 0.1) is 14.2 Å². The summed E-state index contributed by atoms with van der Waals surface area (Å²) in [6, 6.07) is 1.50. The van der Waals surface area contributed by atoms with Crippen molar-refractivity contribution in [3.63, 3.8) is 0 Å². The third-order valence-electron chi connectivity index (χ3n) is 3.34. The van der Waals surface area contributed by atoms with Crippen molar-refractivity contribution in [1.82, 2.24) is 0 Å². The number of rotatable bonds is 6. The summed E-state index contributed by atoms with van der Waals surface area (Å²) in [6.45, 7) is 3.89. The molecule has 5 nitrogen and oxygen atoms in total. The molecule has 0 aliphatic heterocycles. The first-order chi connectivity index (χ1) is 8.92. The Hall–Kier alpha value is -1.75. The highest BCUT2D eigenvalue weighted by Gasteiger charge is 2.18. The molecule has 0 aromatic heterocycles. The smallest absolute Gasteiger partial charge is 0.303 e. The Morgan fingerprint density at radius 2 is 1.95 bits per heavy atom. The highest BCUT2D eigenvalue weighted by molar-refractivity contribution is 5.66. The first-order valence-electron chi connectivity index (χ1n) is 6.11. The van der Waals surface area contributed by atoms with Gasteiger partial charge < -0.3 is 20.3 Å². The van der Waals surface area contributed by atoms with E-state index in [0.29, 0.717) is 17.9 Å². The zero-order chi connectivity index (χ0) is 14.6. The van der Waals surface area contributed by atoms with Gasteiger partial charge in [-0.1, -0.05) is 0 Å². The quantitative estimate of drug-likeness (QED) is 0.825. The summed E-state index contributed by atoms with van der Waals surface area (Å²) >= 11 is 0. The molecule has 0 saturated heterocycles. The molecule has 5 heteroatoms. The number of methoxy groups -OCH3 is 2. The van der Waals surface area contributed by atoms with Gasteiger partial charge in [0.25, 0.3) is 0 Å². The summed E-state index contributed by atoms with van der Waals surface area (Å²) in [5.41, 5.74) is 8.94. The van der Waals surface area contributed by atoms with Crippen molar-refractivity contribution in [2.24, 2.45) is 5.73 Å². The molecule has 0 radical (unpaired) electrons. The molecule has 1 atom stereocenters. The lowest BCUT2D eigenvalue weighted by Crippen LogP contribution is -2.14. The molecule has 1 unspecified atom stereocenters. The van der Waals surface area contributed by atoms with Crippen LogP contribution in [0.2, 0.25) is 0 Å². The van der Waals surface area contributed by atoms with E-state index in [0.717, 1.165) is 16.7 Å². The second-order valence-electron chi connectivity index (χ2n) is 4.49. The maximum Gasteiger partial charge on any atom is 0.303 e. The molecule has 0 saturated carbocycles. The summed E-state index contributed by atoms with van der Waals surface area (Å²) in [6.07, 6.45) is 0.444. The number of carboxylic acid groups (broad SMARTS) is 1. The van der Waals surface area contributed by atoms with Crippen LogP contribution in [0.5, 0.6) is 11.5 Å². The Morgan fingerprint density at radius 1 is 1.32 bits per heavy atom. The van der Waals surface area contributed by atoms with Crippen LogP contribution in [0.25, 0.3) is 0 Å². The van der Waals surface area contributed by atoms with Crippen LogP contribution < -0.4 is 15.2 Å². The number of nitrogens with two attached hydrogens (primary N) is 1. The molecular weight excluding hydrogens is 246 g/mol. The Kier molecular flexibility index (Phi) is 5.18. The van der Waals surface area contributed by atoms with Gasteiger partial charge in [0, 0.05) is 12.5 Å². The fourth-order valence-corrected chi connectivity index (χ4v) is 2.11. The molecule has 0 fully saturated rings. The van der Waals surface area contributed by atoms with Gasteiger partial charge in [-0.25, -0.2) is 0 Å². The normalized spacial score (nSPS) is 12.1. The number of ether oxygens (including phenoxy) is 2. The molecule has 1 aromatic rings. The number of hydrogen-bond acceptors (Lipinski definition) is 4. The number of carbonyl (C=O) groups is 1. The van der Waals surface area contributed by atoms with Crippen molar-refractivity contribution in [2.75, 3.05) is 14.2 Å². The highest BCUT2D eigenvalue weighted by Crippen LogP contribution is 2.37. The third kappa shape index (κ3) is 3.38. The minimum absolute atomic E-state index is 0.0496. The van der Waals surface area contributed by atoms with Crippen LogP contribution in [0.3, 0.4) is 0 Å². The van der Waals surface area contributed by atoms with Gasteiger partial charge >= 0.3 is 5.97 Å². The number of carboxylic acids is 1. The second kappa shape index (κ2) is 6.43. The van der Waals surface area contributed by atoms with Gasteiger partial charge in [-0.2, -0.15) is 0 Å². The van der Waals surface area contributed by atoms with E-state index in [1.165, 1.54) is 0 Å². The fraction of sp³-hybridized carbons (Fsp3) is 0.500. The zero-order valence-electron chi connectivity index (χ0n) is 11.8. The minimum Gasteiger partial charge on any atom is -0.493 e. The van der Waals surface area contributed by atoms with Gasteiger partial charge in [-0.05, 0) is 43.0 Å². The predicted octanol–water partition coefficient (Wildman–Crippen LogP) is 2.19. The SMILES string of the molecule is COc1cc(C(N)CCC(=O)O)c(C)c(C)c1OC. The summed E-state index contributed by atoms with van der Waals surface area (Å²) in [5, 5.41) is 8.72. The first-order valence-corrected chi connectivity index (χ1v) is 6.11. The Morgan fingerprint density at radius 3 is 2.42 bits per heavy atom. The van der Waals surface area contributed by atoms with E-state index in [1.54, 1.807) is 14.2 Å². The van der Waals surface area contributed by atoms with E-state index in [1.807, 2.05) is 19.9 Å². The standard InChI is InChI=1S/C14H21NO4/c1-8-9(2)14(19-4)12(18-3)7-10(8)11(15)5-6-13(16)17/h7,11H,5-6,15H2,1-4H3,(H,16,17). The van der Waals surface area contributed by atoms with E-state index < -0.39 is 5.97 Å². The molecule has 0 aliphatic carbocycles. The summed E-state index contributed by atoms with van der Waals surface area (Å²) < 4.78 is 10.6. The van der Waals surface area contributed by atoms with E-state index in [9.17, 15) is 4.79 Å². The van der Waals surface area contributed by atoms with Crippen LogP contribution in [0.15, 0.2) is 6.07 Å². The van der Waals surface area contributed by atoms with Crippen LogP contribution in [-0.2, 0) is 4.79 Å². The largest absolute Gasteiger partial charge is 0.493 e. The zero-order valence-corrected chi connectivity index (χ0v) is 11.8. The van der Waals surface area contributed by atoms with Gasteiger partial charge in [0.15, 0.2) is 11.5 Å². The Labute approximate surface area is 113 Å². The van der Waals surface area contributed by atoms with E-state index in [-0.39, 0.29) is 12.5 Å². The minimum atomic E-state index is -0.842. The average molecular weight is 267 g/mol. The van der Waals surface area contributed by atoms with Crippen LogP contribution >= 0.6 is 0 Å². The van der Waals surface area contributed by atoms with Crippen molar-refractivity contribution >= 4 is 5.97 Å². The van der Waals surface area contributed by atoms with Crippen LogP contribution in [-0.4, -0.2) is 25.3 Å². The molecule has 1 rings (SSSR count). The van der Waals surface area contributed by atoms with Gasteiger partial charge in [-0.15, -0.1) is 0 Å². The Balaban J connectivity index is 3.14. The summed E-state index contributed by atoms with van der Waals surface area (Å²) in [5.74, 6) is 0.464. The highest BCUT2D eigenvalue weighted by atomic mass is 16.5. The molecule has 0 aliphatic rings. The van der Waals surface area contributed by atoms with Gasteiger partial charge in [0.1, 0.15) is 0 Å². The predicted molar refractivity (Wildman–Crippen MR) is 72.8 cm³/mol. The molecule has 1 aromatic carbocycles. The van der Waals surface area contributed by atoms with Gasteiger partial charge in [0.2, 0.25) is 0 Å². The van der Waals surface area contributed by atoms with Crippen LogP contribution in [0, 0.1) is 13.8 Å². The molecule has 3 N–H and O–H groups in total.